The van der Waals surface area contributed by atoms with E-state index in [9.17, 15) is 9.18 Å². The zero-order valence-electron chi connectivity index (χ0n) is 13.1. The Bertz CT molecular complexity index is 504. The van der Waals surface area contributed by atoms with E-state index in [2.05, 4.69) is 18.7 Å². The topological polar surface area (TPSA) is 29.5 Å². The molecule has 116 valence electrons. The minimum absolute atomic E-state index is 0.0809. The Balaban J connectivity index is 1.94. The van der Waals surface area contributed by atoms with Crippen LogP contribution in [0.1, 0.15) is 43.5 Å². The normalized spacial score (nSPS) is 18.5. The molecule has 4 heteroatoms. The maximum absolute atomic E-state index is 13.8. The van der Waals surface area contributed by atoms with Gasteiger partial charge in [-0.15, -0.1) is 0 Å². The summed E-state index contributed by atoms with van der Waals surface area (Å²) in [6.07, 6.45) is 2.62. The molecule has 2 rings (SSSR count). The molecular weight excluding hydrogens is 269 g/mol. The molecule has 0 spiro atoms. The van der Waals surface area contributed by atoms with Crippen LogP contribution in [0.5, 0.6) is 5.75 Å². The summed E-state index contributed by atoms with van der Waals surface area (Å²) in [5, 5.41) is 0. The molecule has 0 N–H and O–H groups in total. The van der Waals surface area contributed by atoms with Crippen molar-refractivity contribution in [2.45, 2.75) is 33.1 Å². The van der Waals surface area contributed by atoms with Gasteiger partial charge in [0.1, 0.15) is 11.6 Å². The van der Waals surface area contributed by atoms with Gasteiger partial charge >= 0.3 is 0 Å². The molecular formula is C17H24FNO2. The van der Waals surface area contributed by atoms with Gasteiger partial charge in [-0.2, -0.15) is 0 Å². The number of nitrogens with zero attached hydrogens (tertiary/aromatic N) is 1. The highest BCUT2D eigenvalue weighted by atomic mass is 19.1. The number of ketones is 1. The Hall–Kier alpha value is -1.42. The largest absolute Gasteiger partial charge is 0.496 e. The third-order valence-electron chi connectivity index (χ3n) is 4.34. The highest BCUT2D eigenvalue weighted by Crippen LogP contribution is 2.30. The van der Waals surface area contributed by atoms with E-state index >= 15 is 0 Å². The summed E-state index contributed by atoms with van der Waals surface area (Å²) in [6.45, 7) is 7.26. The number of carbonyl (C=O) groups excluding carboxylic acids is 1. The second-order valence-corrected chi connectivity index (χ2v) is 6.50. The fraction of sp³-hybridized carbons (Fsp3) is 0.588. The lowest BCUT2D eigenvalue weighted by molar-refractivity contribution is 0.0920. The molecule has 1 saturated heterocycles. The number of carbonyl (C=O) groups is 1. The molecule has 1 aromatic rings. The van der Waals surface area contributed by atoms with Crippen LogP contribution in [0, 0.1) is 11.2 Å². The predicted molar refractivity (Wildman–Crippen MR) is 81.4 cm³/mol. The molecule has 1 aliphatic heterocycles. The van der Waals surface area contributed by atoms with Gasteiger partial charge in [0.15, 0.2) is 5.78 Å². The van der Waals surface area contributed by atoms with Gasteiger partial charge in [0.25, 0.3) is 0 Å². The fourth-order valence-corrected chi connectivity index (χ4v) is 2.71. The van der Waals surface area contributed by atoms with Crippen molar-refractivity contribution in [2.24, 2.45) is 5.41 Å². The Morgan fingerprint density at radius 1 is 1.33 bits per heavy atom. The lowest BCUT2D eigenvalue weighted by Gasteiger charge is -2.36. The molecule has 0 aromatic heterocycles. The van der Waals surface area contributed by atoms with Gasteiger partial charge in [0, 0.05) is 13.0 Å². The molecule has 0 atom stereocenters. The minimum atomic E-state index is -0.501. The molecule has 1 fully saturated rings. The van der Waals surface area contributed by atoms with Crippen molar-refractivity contribution < 1.29 is 13.9 Å². The number of piperidine rings is 1. The van der Waals surface area contributed by atoms with E-state index in [1.807, 2.05) is 0 Å². The molecule has 0 bridgehead atoms. The van der Waals surface area contributed by atoms with Crippen LogP contribution in [-0.4, -0.2) is 37.4 Å². The van der Waals surface area contributed by atoms with Crippen LogP contribution in [0.15, 0.2) is 18.2 Å². The van der Waals surface area contributed by atoms with Gasteiger partial charge in [0.05, 0.1) is 12.7 Å². The number of rotatable bonds is 5. The van der Waals surface area contributed by atoms with Crippen molar-refractivity contribution in [1.29, 1.82) is 0 Å². The van der Waals surface area contributed by atoms with Gasteiger partial charge in [-0.05, 0) is 43.5 Å². The summed E-state index contributed by atoms with van der Waals surface area (Å²) in [5.74, 6) is -0.367. The van der Waals surface area contributed by atoms with E-state index < -0.39 is 5.82 Å². The highest BCUT2D eigenvalue weighted by Gasteiger charge is 2.26. The SMILES string of the molecule is COc1cccc(F)c1C(=O)CCN1CCC(C)(C)CC1. The number of methoxy groups -OCH3 is 1. The molecule has 3 nitrogen and oxygen atoms in total. The lowest BCUT2D eigenvalue weighted by Crippen LogP contribution is -2.38. The monoisotopic (exact) mass is 293 g/mol. The number of Topliss-reactive ketones (excluding diaryl/α,β-unsaturated/α-hetero) is 1. The van der Waals surface area contributed by atoms with Crippen molar-refractivity contribution in [2.75, 3.05) is 26.7 Å². The van der Waals surface area contributed by atoms with E-state index in [-0.39, 0.29) is 11.3 Å². The van der Waals surface area contributed by atoms with Crippen LogP contribution in [0.3, 0.4) is 0 Å². The first-order valence-electron chi connectivity index (χ1n) is 7.51. The number of hydrogen-bond acceptors (Lipinski definition) is 3. The number of ether oxygens (including phenoxy) is 1. The van der Waals surface area contributed by atoms with Crippen molar-refractivity contribution in [1.82, 2.24) is 4.90 Å². The van der Waals surface area contributed by atoms with Gasteiger partial charge in [0.2, 0.25) is 0 Å². The maximum Gasteiger partial charge on any atom is 0.170 e. The molecule has 0 unspecified atom stereocenters. The zero-order chi connectivity index (χ0) is 15.5. The average Bonchev–Trinajstić information content (AvgIpc) is 2.45. The van der Waals surface area contributed by atoms with Crippen LogP contribution in [0.4, 0.5) is 4.39 Å². The Labute approximate surface area is 126 Å². The van der Waals surface area contributed by atoms with Gasteiger partial charge in [-0.1, -0.05) is 19.9 Å². The fourth-order valence-electron chi connectivity index (χ4n) is 2.71. The average molecular weight is 293 g/mol. The van der Waals surface area contributed by atoms with E-state index in [0.717, 1.165) is 25.9 Å². The van der Waals surface area contributed by atoms with Crippen molar-refractivity contribution in [3.8, 4) is 5.75 Å². The molecule has 0 amide bonds. The predicted octanol–water partition coefficient (Wildman–Crippen LogP) is 3.53. The van der Waals surface area contributed by atoms with Crippen LogP contribution < -0.4 is 4.74 Å². The summed E-state index contributed by atoms with van der Waals surface area (Å²) >= 11 is 0. The molecule has 0 saturated carbocycles. The molecule has 0 aliphatic carbocycles. The van der Waals surface area contributed by atoms with E-state index in [4.69, 9.17) is 4.74 Å². The quantitative estimate of drug-likeness (QED) is 0.778. The maximum atomic E-state index is 13.8. The number of benzene rings is 1. The number of halogens is 1. The lowest BCUT2D eigenvalue weighted by atomic mass is 9.82. The minimum Gasteiger partial charge on any atom is -0.496 e. The van der Waals surface area contributed by atoms with Crippen molar-refractivity contribution >= 4 is 5.78 Å². The van der Waals surface area contributed by atoms with Crippen LogP contribution in [-0.2, 0) is 0 Å². The highest BCUT2D eigenvalue weighted by molar-refractivity contribution is 5.99. The van der Waals surface area contributed by atoms with Crippen molar-refractivity contribution in [3.05, 3.63) is 29.6 Å². The Kier molecular flexibility index (Phi) is 4.99. The summed E-state index contributed by atoms with van der Waals surface area (Å²) < 4.78 is 18.9. The molecule has 0 radical (unpaired) electrons. The van der Waals surface area contributed by atoms with Gasteiger partial charge < -0.3 is 9.64 Å². The summed E-state index contributed by atoms with van der Waals surface area (Å²) in [7, 11) is 1.46. The van der Waals surface area contributed by atoms with E-state index in [1.54, 1.807) is 12.1 Å². The van der Waals surface area contributed by atoms with E-state index in [1.165, 1.54) is 13.2 Å². The van der Waals surface area contributed by atoms with Crippen molar-refractivity contribution in [3.63, 3.8) is 0 Å². The first-order valence-corrected chi connectivity index (χ1v) is 7.51. The molecule has 1 heterocycles. The van der Waals surface area contributed by atoms with E-state index in [0.29, 0.717) is 24.1 Å². The second-order valence-electron chi connectivity index (χ2n) is 6.50. The first-order chi connectivity index (χ1) is 9.93. The Morgan fingerprint density at radius 2 is 2.00 bits per heavy atom. The summed E-state index contributed by atoms with van der Waals surface area (Å²) in [6, 6.07) is 4.48. The second kappa shape index (κ2) is 6.56. The number of hydrogen-bond donors (Lipinski definition) is 0. The summed E-state index contributed by atoms with van der Waals surface area (Å²) in [4.78, 5) is 14.6. The van der Waals surface area contributed by atoms with Crippen LogP contribution in [0.25, 0.3) is 0 Å². The first kappa shape index (κ1) is 16.0. The van der Waals surface area contributed by atoms with Gasteiger partial charge in [-0.3, -0.25) is 4.79 Å². The molecule has 21 heavy (non-hydrogen) atoms. The molecule has 1 aromatic carbocycles. The zero-order valence-corrected chi connectivity index (χ0v) is 13.1. The summed E-state index contributed by atoms with van der Waals surface area (Å²) in [5.41, 5.74) is 0.479. The third kappa shape index (κ3) is 4.03. The van der Waals surface area contributed by atoms with Gasteiger partial charge in [-0.25, -0.2) is 4.39 Å². The molecule has 1 aliphatic rings. The smallest absolute Gasteiger partial charge is 0.170 e. The van der Waals surface area contributed by atoms with Crippen LogP contribution >= 0.6 is 0 Å². The third-order valence-corrected chi connectivity index (χ3v) is 4.34. The Morgan fingerprint density at radius 3 is 2.62 bits per heavy atom. The van der Waals surface area contributed by atoms with Crippen LogP contribution in [0.2, 0.25) is 0 Å². The standard InChI is InChI=1S/C17H24FNO2/c1-17(2)8-11-19(12-9-17)10-7-14(20)16-13(18)5-4-6-15(16)21-3/h4-6H,7-12H2,1-3H3. The number of likely N-dealkylation sites (tertiary alicyclic amines) is 1.